The Hall–Kier alpha value is -1.53. The number of ketones is 1. The zero-order chi connectivity index (χ0) is 12.1. The summed E-state index contributed by atoms with van der Waals surface area (Å²) in [7, 11) is 0. The van der Waals surface area contributed by atoms with Crippen molar-refractivity contribution in [3.63, 3.8) is 0 Å². The lowest BCUT2D eigenvalue weighted by molar-refractivity contribution is 0.103. The molecule has 0 aromatic heterocycles. The number of benzene rings is 1. The quantitative estimate of drug-likeness (QED) is 0.455. The van der Waals surface area contributed by atoms with Crippen LogP contribution < -0.4 is 0 Å². The first-order valence-corrected chi connectivity index (χ1v) is 6.09. The van der Waals surface area contributed by atoms with Crippen LogP contribution in [0.1, 0.15) is 22.8 Å². The Labute approximate surface area is 100.0 Å². The maximum absolute atomic E-state index is 12.1. The van der Waals surface area contributed by atoms with Gasteiger partial charge in [-0.05, 0) is 25.7 Å². The minimum atomic E-state index is -0.188. The minimum Gasteiger partial charge on any atom is -0.288 e. The molecule has 0 saturated carbocycles. The predicted octanol–water partition coefficient (Wildman–Crippen LogP) is 3.34. The molecule has 0 N–H and O–H groups in total. The van der Waals surface area contributed by atoms with Crippen LogP contribution in [0.5, 0.6) is 0 Å². The molecule has 0 aliphatic carbocycles. The molecule has 0 atom stereocenters. The zero-order valence-electron chi connectivity index (χ0n) is 9.57. The van der Waals surface area contributed by atoms with Gasteiger partial charge in [-0.1, -0.05) is 24.3 Å². The van der Waals surface area contributed by atoms with Crippen molar-refractivity contribution < 1.29 is 4.79 Å². The number of nitrogens with zero attached hydrogens (tertiary/aromatic N) is 1. The van der Waals surface area contributed by atoms with Crippen LogP contribution in [0.25, 0.3) is 0 Å². The number of carbonyl (C=O) groups is 1. The molecule has 0 unspecified atom stereocenters. The number of carbonyl (C=O) groups excluding carboxylic acids is 1. The number of hydrogen-bond acceptors (Lipinski definition) is 3. The molecule has 0 radical (unpaired) electrons. The van der Waals surface area contributed by atoms with E-state index in [0.29, 0.717) is 5.56 Å². The SMILES string of the molecule is CS/C(C)=C(\C#N)C(=O)c1ccccc1C. The van der Waals surface area contributed by atoms with Crippen LogP contribution in [0.2, 0.25) is 0 Å². The second-order valence-electron chi connectivity index (χ2n) is 3.39. The van der Waals surface area contributed by atoms with Crippen LogP contribution >= 0.6 is 11.8 Å². The van der Waals surface area contributed by atoms with Crippen molar-refractivity contribution in [3.05, 3.63) is 45.9 Å². The normalized spacial score (nSPS) is 11.6. The van der Waals surface area contributed by atoms with Crippen LogP contribution in [0, 0.1) is 18.3 Å². The third-order valence-electron chi connectivity index (χ3n) is 2.39. The molecule has 1 aromatic carbocycles. The molecule has 1 aromatic rings. The Bertz CT molecular complexity index is 483. The molecule has 2 nitrogen and oxygen atoms in total. The molecule has 0 aliphatic heterocycles. The van der Waals surface area contributed by atoms with Crippen molar-refractivity contribution >= 4 is 17.5 Å². The van der Waals surface area contributed by atoms with Gasteiger partial charge < -0.3 is 0 Å². The summed E-state index contributed by atoms with van der Waals surface area (Å²) in [6, 6.07) is 9.30. The maximum atomic E-state index is 12.1. The number of aryl methyl sites for hydroxylation is 1. The van der Waals surface area contributed by atoms with Crippen LogP contribution in [0.15, 0.2) is 34.7 Å². The smallest absolute Gasteiger partial charge is 0.204 e. The third kappa shape index (κ3) is 2.53. The molecule has 0 spiro atoms. The van der Waals surface area contributed by atoms with Gasteiger partial charge in [0, 0.05) is 10.5 Å². The second-order valence-corrected chi connectivity index (χ2v) is 4.41. The van der Waals surface area contributed by atoms with Crippen LogP contribution in [0.4, 0.5) is 0 Å². The summed E-state index contributed by atoms with van der Waals surface area (Å²) in [5, 5.41) is 9.01. The summed E-state index contributed by atoms with van der Waals surface area (Å²) in [5.41, 5.74) is 1.74. The highest BCUT2D eigenvalue weighted by Gasteiger charge is 2.16. The van der Waals surface area contributed by atoms with E-state index in [1.54, 1.807) is 13.0 Å². The number of hydrogen-bond donors (Lipinski definition) is 0. The molecular weight excluding hydrogens is 218 g/mol. The maximum Gasteiger partial charge on any atom is 0.204 e. The van der Waals surface area contributed by atoms with E-state index in [9.17, 15) is 4.79 Å². The third-order valence-corrected chi connectivity index (χ3v) is 3.20. The highest BCUT2D eigenvalue weighted by Crippen LogP contribution is 2.20. The number of Topliss-reactive ketones (excluding diaryl/α,β-unsaturated/α-hetero) is 1. The lowest BCUT2D eigenvalue weighted by atomic mass is 10.00. The molecule has 3 heteroatoms. The Morgan fingerprint density at radius 1 is 1.38 bits per heavy atom. The lowest BCUT2D eigenvalue weighted by Crippen LogP contribution is -2.05. The molecule has 0 bridgehead atoms. The molecule has 0 amide bonds. The van der Waals surface area contributed by atoms with Gasteiger partial charge in [0.2, 0.25) is 5.78 Å². The Morgan fingerprint density at radius 2 is 2.00 bits per heavy atom. The fraction of sp³-hybridized carbons (Fsp3) is 0.231. The highest BCUT2D eigenvalue weighted by molar-refractivity contribution is 8.02. The van der Waals surface area contributed by atoms with Crippen molar-refractivity contribution in [1.29, 1.82) is 5.26 Å². The summed E-state index contributed by atoms with van der Waals surface area (Å²) in [4.78, 5) is 12.9. The first-order chi connectivity index (χ1) is 7.61. The Morgan fingerprint density at radius 3 is 2.50 bits per heavy atom. The molecular formula is C13H13NOS. The first kappa shape index (κ1) is 12.5. The van der Waals surface area contributed by atoms with E-state index < -0.39 is 0 Å². The Kier molecular flexibility index (Phi) is 4.33. The monoisotopic (exact) mass is 231 g/mol. The van der Waals surface area contributed by atoms with Gasteiger partial charge in [-0.15, -0.1) is 11.8 Å². The molecule has 0 saturated heterocycles. The van der Waals surface area contributed by atoms with Crippen LogP contribution in [-0.2, 0) is 0 Å². The average molecular weight is 231 g/mol. The van der Waals surface area contributed by atoms with Crippen LogP contribution in [0.3, 0.4) is 0 Å². The van der Waals surface area contributed by atoms with Gasteiger partial charge in [-0.25, -0.2) is 0 Å². The van der Waals surface area contributed by atoms with E-state index >= 15 is 0 Å². The van der Waals surface area contributed by atoms with Gasteiger partial charge in [-0.3, -0.25) is 4.79 Å². The highest BCUT2D eigenvalue weighted by atomic mass is 32.2. The van der Waals surface area contributed by atoms with Gasteiger partial charge >= 0.3 is 0 Å². The number of rotatable bonds is 3. The fourth-order valence-electron chi connectivity index (χ4n) is 1.35. The van der Waals surface area contributed by atoms with Gasteiger partial charge in [0.1, 0.15) is 11.6 Å². The molecule has 82 valence electrons. The topological polar surface area (TPSA) is 40.9 Å². The molecule has 0 aliphatic rings. The van der Waals surface area contributed by atoms with Crippen molar-refractivity contribution in [3.8, 4) is 6.07 Å². The van der Waals surface area contributed by atoms with E-state index in [4.69, 9.17) is 5.26 Å². The summed E-state index contributed by atoms with van der Waals surface area (Å²) in [6.45, 7) is 3.66. The van der Waals surface area contributed by atoms with Crippen molar-refractivity contribution in [2.75, 3.05) is 6.26 Å². The standard InChI is InChI=1S/C13H13NOS/c1-9-6-4-5-7-11(9)13(15)12(8-14)10(2)16-3/h4-7H,1-3H3/b12-10+. The summed E-state index contributed by atoms with van der Waals surface area (Å²) in [6.07, 6.45) is 1.86. The van der Waals surface area contributed by atoms with E-state index in [0.717, 1.165) is 10.5 Å². The minimum absolute atomic E-state index is 0.188. The molecule has 0 heterocycles. The lowest BCUT2D eigenvalue weighted by Gasteiger charge is -2.05. The fourth-order valence-corrected chi connectivity index (χ4v) is 1.70. The van der Waals surface area contributed by atoms with Crippen molar-refractivity contribution in [2.45, 2.75) is 13.8 Å². The summed E-state index contributed by atoms with van der Waals surface area (Å²) >= 11 is 1.42. The van der Waals surface area contributed by atoms with Gasteiger partial charge in [0.05, 0.1) is 0 Å². The predicted molar refractivity (Wildman–Crippen MR) is 67.3 cm³/mol. The summed E-state index contributed by atoms with van der Waals surface area (Å²) in [5.74, 6) is -0.188. The van der Waals surface area contributed by atoms with E-state index in [2.05, 4.69) is 0 Å². The van der Waals surface area contributed by atoms with Crippen molar-refractivity contribution in [2.24, 2.45) is 0 Å². The molecule has 0 fully saturated rings. The average Bonchev–Trinajstić information content (AvgIpc) is 2.30. The molecule has 16 heavy (non-hydrogen) atoms. The Balaban J connectivity index is 3.23. The largest absolute Gasteiger partial charge is 0.288 e. The summed E-state index contributed by atoms with van der Waals surface area (Å²) < 4.78 is 0. The first-order valence-electron chi connectivity index (χ1n) is 4.87. The van der Waals surface area contributed by atoms with E-state index in [-0.39, 0.29) is 11.4 Å². The van der Waals surface area contributed by atoms with Crippen molar-refractivity contribution in [1.82, 2.24) is 0 Å². The van der Waals surface area contributed by atoms with E-state index in [1.165, 1.54) is 11.8 Å². The van der Waals surface area contributed by atoms with Gasteiger partial charge in [0.25, 0.3) is 0 Å². The second kappa shape index (κ2) is 5.53. The van der Waals surface area contributed by atoms with Crippen LogP contribution in [-0.4, -0.2) is 12.0 Å². The van der Waals surface area contributed by atoms with E-state index in [1.807, 2.05) is 37.4 Å². The molecule has 1 rings (SSSR count). The number of allylic oxidation sites excluding steroid dienone is 2. The zero-order valence-corrected chi connectivity index (χ0v) is 10.4. The van der Waals surface area contributed by atoms with Gasteiger partial charge in [0.15, 0.2) is 0 Å². The number of nitriles is 1. The number of thioether (sulfide) groups is 1. The van der Waals surface area contributed by atoms with Gasteiger partial charge in [-0.2, -0.15) is 5.26 Å².